The molecule has 1 heterocycles. The van der Waals surface area contributed by atoms with Crippen LogP contribution in [0.3, 0.4) is 0 Å². The van der Waals surface area contributed by atoms with Gasteiger partial charge >= 0.3 is 0 Å². The predicted octanol–water partition coefficient (Wildman–Crippen LogP) is 2.99. The van der Waals surface area contributed by atoms with Gasteiger partial charge in [-0.3, -0.25) is 0 Å². The summed E-state index contributed by atoms with van der Waals surface area (Å²) in [6.45, 7) is 7.73. The highest BCUT2D eigenvalue weighted by Crippen LogP contribution is 2.29. The van der Waals surface area contributed by atoms with Gasteiger partial charge in [0.15, 0.2) is 0 Å². The van der Waals surface area contributed by atoms with Gasteiger partial charge in [-0.2, -0.15) is 0 Å². The van der Waals surface area contributed by atoms with Crippen molar-refractivity contribution in [3.05, 3.63) is 24.4 Å². The SMILES string of the molecule is C=Cc1nc(C(C)(C)I)co1. The minimum Gasteiger partial charge on any atom is -0.445 e. The van der Waals surface area contributed by atoms with Gasteiger partial charge < -0.3 is 4.42 Å². The number of rotatable bonds is 2. The Balaban J connectivity index is 2.98. The van der Waals surface area contributed by atoms with Crippen LogP contribution in [0.2, 0.25) is 0 Å². The first kappa shape index (κ1) is 8.77. The number of nitrogens with zero attached hydrogens (tertiary/aromatic N) is 1. The molecule has 0 fully saturated rings. The Labute approximate surface area is 79.8 Å². The second-order valence-electron chi connectivity index (χ2n) is 2.75. The predicted molar refractivity (Wildman–Crippen MR) is 53.6 cm³/mol. The van der Waals surface area contributed by atoms with Crippen LogP contribution >= 0.6 is 22.6 Å². The molecule has 0 atom stereocenters. The first-order valence-corrected chi connectivity index (χ1v) is 4.39. The van der Waals surface area contributed by atoms with Crippen molar-refractivity contribution < 1.29 is 4.42 Å². The molecule has 0 aliphatic rings. The molecule has 1 aromatic rings. The van der Waals surface area contributed by atoms with E-state index in [0.717, 1.165) is 5.69 Å². The number of aromatic nitrogens is 1. The molecule has 0 aliphatic carbocycles. The summed E-state index contributed by atoms with van der Waals surface area (Å²) in [7, 11) is 0. The molecule has 0 N–H and O–H groups in total. The van der Waals surface area contributed by atoms with Crippen LogP contribution in [-0.4, -0.2) is 4.98 Å². The van der Waals surface area contributed by atoms with Crippen molar-refractivity contribution in [2.45, 2.75) is 17.3 Å². The average Bonchev–Trinajstić information content (AvgIpc) is 2.32. The molecule has 0 spiro atoms. The standard InChI is InChI=1S/C8H10INO/c1-4-7-10-6(5-11-7)8(2,3)9/h4-5H,1H2,2-3H3. The van der Waals surface area contributed by atoms with Crippen molar-refractivity contribution >= 4 is 28.7 Å². The monoisotopic (exact) mass is 263 g/mol. The van der Waals surface area contributed by atoms with E-state index in [1.165, 1.54) is 0 Å². The van der Waals surface area contributed by atoms with Gasteiger partial charge in [0.25, 0.3) is 0 Å². The third-order valence-electron chi connectivity index (χ3n) is 1.31. The molecule has 0 aromatic carbocycles. The van der Waals surface area contributed by atoms with E-state index in [9.17, 15) is 0 Å². The summed E-state index contributed by atoms with van der Waals surface area (Å²) < 4.78 is 5.14. The summed E-state index contributed by atoms with van der Waals surface area (Å²) in [5, 5.41) is 0. The van der Waals surface area contributed by atoms with Crippen LogP contribution < -0.4 is 0 Å². The van der Waals surface area contributed by atoms with Crippen LogP contribution in [0.4, 0.5) is 0 Å². The zero-order chi connectivity index (χ0) is 8.48. The smallest absolute Gasteiger partial charge is 0.218 e. The van der Waals surface area contributed by atoms with E-state index in [-0.39, 0.29) is 3.42 Å². The van der Waals surface area contributed by atoms with Gasteiger partial charge in [0.2, 0.25) is 5.89 Å². The van der Waals surface area contributed by atoms with E-state index in [0.29, 0.717) is 5.89 Å². The lowest BCUT2D eigenvalue weighted by Crippen LogP contribution is -2.06. The molecule has 0 saturated heterocycles. The van der Waals surface area contributed by atoms with E-state index in [1.54, 1.807) is 12.3 Å². The zero-order valence-corrected chi connectivity index (χ0v) is 8.75. The average molecular weight is 263 g/mol. The summed E-state index contributed by atoms with van der Waals surface area (Å²) in [5.41, 5.74) is 0.952. The van der Waals surface area contributed by atoms with Gasteiger partial charge in [-0.15, -0.1) is 0 Å². The highest BCUT2D eigenvalue weighted by atomic mass is 127. The van der Waals surface area contributed by atoms with Crippen molar-refractivity contribution in [2.75, 3.05) is 0 Å². The molecule has 0 saturated carbocycles. The van der Waals surface area contributed by atoms with E-state index in [1.807, 2.05) is 0 Å². The molecule has 0 radical (unpaired) electrons. The Hall–Kier alpha value is -0.320. The maximum atomic E-state index is 5.11. The molecule has 2 nitrogen and oxygen atoms in total. The third-order valence-corrected chi connectivity index (χ3v) is 1.86. The Morgan fingerprint density at radius 3 is 2.64 bits per heavy atom. The Morgan fingerprint density at radius 2 is 2.36 bits per heavy atom. The van der Waals surface area contributed by atoms with Crippen LogP contribution in [0, 0.1) is 0 Å². The van der Waals surface area contributed by atoms with Crippen molar-refractivity contribution in [2.24, 2.45) is 0 Å². The van der Waals surface area contributed by atoms with E-state index in [2.05, 4.69) is 48.0 Å². The van der Waals surface area contributed by atoms with Gasteiger partial charge in [-0.05, 0) is 19.9 Å². The fourth-order valence-corrected chi connectivity index (χ4v) is 0.902. The minimum absolute atomic E-state index is 0.0303. The molecule has 0 unspecified atom stereocenters. The number of oxazole rings is 1. The normalized spacial score (nSPS) is 11.5. The minimum atomic E-state index is 0.0303. The van der Waals surface area contributed by atoms with Gasteiger partial charge in [-0.1, -0.05) is 29.2 Å². The van der Waals surface area contributed by atoms with Gasteiger partial charge in [0, 0.05) is 0 Å². The lowest BCUT2D eigenvalue weighted by atomic mass is 10.2. The first-order chi connectivity index (χ1) is 5.04. The molecule has 1 rings (SSSR count). The summed E-state index contributed by atoms with van der Waals surface area (Å²) in [4.78, 5) is 4.21. The second-order valence-corrected chi connectivity index (χ2v) is 5.44. The number of hydrogen-bond donors (Lipinski definition) is 0. The Morgan fingerprint density at radius 1 is 1.73 bits per heavy atom. The van der Waals surface area contributed by atoms with E-state index < -0.39 is 0 Å². The molecular formula is C8H10INO. The summed E-state index contributed by atoms with van der Waals surface area (Å²) >= 11 is 2.32. The van der Waals surface area contributed by atoms with Crippen LogP contribution in [0.15, 0.2) is 17.3 Å². The summed E-state index contributed by atoms with van der Waals surface area (Å²) in [6, 6.07) is 0. The summed E-state index contributed by atoms with van der Waals surface area (Å²) in [6.07, 6.45) is 3.27. The van der Waals surface area contributed by atoms with Crippen molar-refractivity contribution in [1.82, 2.24) is 4.98 Å². The van der Waals surface area contributed by atoms with Crippen LogP contribution in [0.1, 0.15) is 25.4 Å². The zero-order valence-electron chi connectivity index (χ0n) is 6.60. The quantitative estimate of drug-likeness (QED) is 0.605. The lowest BCUT2D eigenvalue weighted by Gasteiger charge is -2.10. The number of alkyl halides is 1. The van der Waals surface area contributed by atoms with Gasteiger partial charge in [0.1, 0.15) is 6.26 Å². The summed E-state index contributed by atoms with van der Waals surface area (Å²) in [5.74, 6) is 0.588. The molecule has 1 aromatic heterocycles. The lowest BCUT2D eigenvalue weighted by molar-refractivity contribution is 0.544. The molecule has 3 heteroatoms. The fourth-order valence-electron chi connectivity index (χ4n) is 0.654. The van der Waals surface area contributed by atoms with Gasteiger partial charge in [0.05, 0.1) is 9.12 Å². The van der Waals surface area contributed by atoms with Gasteiger partial charge in [-0.25, -0.2) is 4.98 Å². The largest absolute Gasteiger partial charge is 0.445 e. The topological polar surface area (TPSA) is 26.0 Å². The molecule has 11 heavy (non-hydrogen) atoms. The fraction of sp³-hybridized carbons (Fsp3) is 0.375. The van der Waals surface area contributed by atoms with Crippen molar-refractivity contribution in [1.29, 1.82) is 0 Å². The molecule has 0 amide bonds. The Bertz CT molecular complexity index is 259. The van der Waals surface area contributed by atoms with Crippen molar-refractivity contribution in [3.63, 3.8) is 0 Å². The Kier molecular flexibility index (Phi) is 2.37. The highest BCUT2D eigenvalue weighted by Gasteiger charge is 2.19. The van der Waals surface area contributed by atoms with Crippen molar-refractivity contribution in [3.8, 4) is 0 Å². The molecule has 60 valence electrons. The second kappa shape index (κ2) is 2.97. The maximum absolute atomic E-state index is 5.11. The molecular weight excluding hydrogens is 253 g/mol. The highest BCUT2D eigenvalue weighted by molar-refractivity contribution is 14.1. The van der Waals surface area contributed by atoms with Crippen LogP contribution in [-0.2, 0) is 3.42 Å². The molecule has 0 aliphatic heterocycles. The maximum Gasteiger partial charge on any atom is 0.218 e. The van der Waals surface area contributed by atoms with E-state index >= 15 is 0 Å². The molecule has 0 bridgehead atoms. The van der Waals surface area contributed by atoms with Crippen LogP contribution in [0.25, 0.3) is 6.08 Å². The third kappa shape index (κ3) is 2.05. The number of halogens is 1. The van der Waals surface area contributed by atoms with E-state index in [4.69, 9.17) is 4.42 Å². The van der Waals surface area contributed by atoms with Crippen LogP contribution in [0.5, 0.6) is 0 Å². The number of hydrogen-bond acceptors (Lipinski definition) is 2. The first-order valence-electron chi connectivity index (χ1n) is 3.31.